The first kappa shape index (κ1) is 21.0. The van der Waals surface area contributed by atoms with Crippen molar-refractivity contribution >= 4 is 11.9 Å². The van der Waals surface area contributed by atoms with Gasteiger partial charge in [0.2, 0.25) is 0 Å². The third-order valence-electron chi connectivity index (χ3n) is 5.01. The number of benzene rings is 2. The number of amides is 1. The van der Waals surface area contributed by atoms with Gasteiger partial charge in [-0.2, -0.15) is 0 Å². The lowest BCUT2D eigenvalue weighted by Gasteiger charge is -2.26. The molecule has 154 valence electrons. The average molecular weight is 396 g/mol. The molecule has 0 spiro atoms. The number of carbonyl (C=O) groups excluding carboxylic acids is 2. The van der Waals surface area contributed by atoms with E-state index in [9.17, 15) is 9.59 Å². The Hall–Kier alpha value is -2.70. The van der Waals surface area contributed by atoms with Gasteiger partial charge < -0.3 is 14.8 Å². The van der Waals surface area contributed by atoms with Crippen LogP contribution < -0.4 is 5.32 Å². The molecule has 1 aliphatic heterocycles. The lowest BCUT2D eigenvalue weighted by molar-refractivity contribution is -0.124. The van der Waals surface area contributed by atoms with Gasteiger partial charge in [-0.05, 0) is 29.2 Å². The molecule has 1 saturated heterocycles. The van der Waals surface area contributed by atoms with Gasteiger partial charge in [0.25, 0.3) is 5.91 Å². The summed E-state index contributed by atoms with van der Waals surface area (Å²) in [6.07, 6.45) is 0. The fourth-order valence-corrected chi connectivity index (χ4v) is 3.20. The molecule has 2 aromatic carbocycles. The van der Waals surface area contributed by atoms with E-state index in [1.807, 2.05) is 49.4 Å². The molecule has 1 atom stereocenters. The van der Waals surface area contributed by atoms with Crippen molar-refractivity contribution in [2.75, 3.05) is 39.5 Å². The van der Waals surface area contributed by atoms with E-state index in [1.54, 1.807) is 12.1 Å². The Kier molecular flexibility index (Phi) is 7.78. The molecule has 0 aliphatic carbocycles. The monoisotopic (exact) mass is 396 g/mol. The first-order valence-electron chi connectivity index (χ1n) is 9.99. The zero-order chi connectivity index (χ0) is 20.5. The summed E-state index contributed by atoms with van der Waals surface area (Å²) in [5.41, 5.74) is 2.74. The number of hydrogen-bond acceptors (Lipinski definition) is 5. The SMILES string of the molecule is C[C@@H](CNC(=O)COC(=O)c1ccc(CN2CCOCC2)cc1)c1ccccc1. The Morgan fingerprint density at radius 1 is 1.07 bits per heavy atom. The van der Waals surface area contributed by atoms with Crippen LogP contribution in [0.2, 0.25) is 0 Å². The minimum absolute atomic E-state index is 0.190. The molecule has 29 heavy (non-hydrogen) atoms. The van der Waals surface area contributed by atoms with Gasteiger partial charge in [0.1, 0.15) is 0 Å². The standard InChI is InChI=1S/C23H28N2O4/c1-18(20-5-3-2-4-6-20)15-24-22(26)17-29-23(27)21-9-7-19(8-10-21)16-25-11-13-28-14-12-25/h2-10,18H,11-17H2,1H3,(H,24,26)/t18-/m0/s1. The van der Waals surface area contributed by atoms with Crippen molar-refractivity contribution in [3.8, 4) is 0 Å². The van der Waals surface area contributed by atoms with Crippen molar-refractivity contribution in [3.63, 3.8) is 0 Å². The van der Waals surface area contributed by atoms with E-state index in [2.05, 4.69) is 10.2 Å². The molecule has 0 saturated carbocycles. The molecule has 1 amide bonds. The summed E-state index contributed by atoms with van der Waals surface area (Å²) >= 11 is 0. The largest absolute Gasteiger partial charge is 0.452 e. The summed E-state index contributed by atoms with van der Waals surface area (Å²) in [6.45, 7) is 6.45. The fraction of sp³-hybridized carbons (Fsp3) is 0.391. The number of carbonyl (C=O) groups is 2. The highest BCUT2D eigenvalue weighted by Crippen LogP contribution is 2.13. The molecular formula is C23H28N2O4. The minimum atomic E-state index is -0.491. The first-order valence-corrected chi connectivity index (χ1v) is 9.99. The van der Waals surface area contributed by atoms with Crippen LogP contribution in [-0.4, -0.2) is 56.2 Å². The maximum atomic E-state index is 12.2. The second kappa shape index (κ2) is 10.7. The van der Waals surface area contributed by atoms with E-state index in [1.165, 1.54) is 0 Å². The van der Waals surface area contributed by atoms with Gasteiger partial charge in [-0.15, -0.1) is 0 Å². The Morgan fingerprint density at radius 3 is 2.45 bits per heavy atom. The molecule has 0 bridgehead atoms. The second-order valence-electron chi connectivity index (χ2n) is 7.28. The topological polar surface area (TPSA) is 67.9 Å². The molecule has 1 aliphatic rings. The number of rotatable bonds is 8. The average Bonchev–Trinajstić information content (AvgIpc) is 2.77. The summed E-state index contributed by atoms with van der Waals surface area (Å²) in [4.78, 5) is 26.5. The molecule has 1 fully saturated rings. The minimum Gasteiger partial charge on any atom is -0.452 e. The highest BCUT2D eigenvalue weighted by atomic mass is 16.5. The van der Waals surface area contributed by atoms with Crippen LogP contribution in [0.3, 0.4) is 0 Å². The quantitative estimate of drug-likeness (QED) is 0.695. The van der Waals surface area contributed by atoms with Gasteiger partial charge in [-0.3, -0.25) is 9.69 Å². The number of esters is 1. The lowest BCUT2D eigenvalue weighted by atomic mass is 10.0. The molecule has 0 aromatic heterocycles. The van der Waals surface area contributed by atoms with Crippen LogP contribution >= 0.6 is 0 Å². The maximum Gasteiger partial charge on any atom is 0.338 e. The van der Waals surface area contributed by atoms with Crippen molar-refractivity contribution < 1.29 is 19.1 Å². The van der Waals surface area contributed by atoms with Gasteiger partial charge >= 0.3 is 5.97 Å². The van der Waals surface area contributed by atoms with Crippen LogP contribution in [0.1, 0.15) is 34.3 Å². The summed E-state index contributed by atoms with van der Waals surface area (Å²) in [7, 11) is 0. The van der Waals surface area contributed by atoms with Crippen LogP contribution in [0.25, 0.3) is 0 Å². The van der Waals surface area contributed by atoms with Gasteiger partial charge in [-0.1, -0.05) is 49.4 Å². The number of ether oxygens (including phenoxy) is 2. The number of hydrogen-bond donors (Lipinski definition) is 1. The molecule has 3 rings (SSSR count). The van der Waals surface area contributed by atoms with Gasteiger partial charge in [-0.25, -0.2) is 4.79 Å². The highest BCUT2D eigenvalue weighted by molar-refractivity contribution is 5.91. The van der Waals surface area contributed by atoms with Crippen LogP contribution in [0, 0.1) is 0 Å². The summed E-state index contributed by atoms with van der Waals surface area (Å²) < 4.78 is 10.5. The molecule has 1 N–H and O–H groups in total. The van der Waals surface area contributed by atoms with Crippen LogP contribution in [0.5, 0.6) is 0 Å². The molecule has 0 unspecified atom stereocenters. The smallest absolute Gasteiger partial charge is 0.338 e. The number of morpholine rings is 1. The Balaban J connectivity index is 1.39. The molecule has 2 aromatic rings. The van der Waals surface area contributed by atoms with E-state index >= 15 is 0 Å². The van der Waals surface area contributed by atoms with Crippen molar-refractivity contribution in [2.45, 2.75) is 19.4 Å². The van der Waals surface area contributed by atoms with Crippen LogP contribution in [0.15, 0.2) is 54.6 Å². The molecule has 6 heteroatoms. The predicted octanol–water partition coefficient (Wildman–Crippen LogP) is 2.60. The third kappa shape index (κ3) is 6.69. The van der Waals surface area contributed by atoms with E-state index < -0.39 is 5.97 Å². The molecule has 6 nitrogen and oxygen atoms in total. The van der Waals surface area contributed by atoms with Crippen LogP contribution in [-0.2, 0) is 20.8 Å². The van der Waals surface area contributed by atoms with E-state index in [0.717, 1.165) is 44.0 Å². The summed E-state index contributed by atoms with van der Waals surface area (Å²) in [5, 5.41) is 2.81. The molecule has 0 radical (unpaired) electrons. The van der Waals surface area contributed by atoms with Crippen molar-refractivity contribution in [3.05, 3.63) is 71.3 Å². The third-order valence-corrected chi connectivity index (χ3v) is 5.01. The lowest BCUT2D eigenvalue weighted by Crippen LogP contribution is -2.35. The zero-order valence-corrected chi connectivity index (χ0v) is 16.8. The van der Waals surface area contributed by atoms with Gasteiger partial charge in [0.15, 0.2) is 6.61 Å². The number of nitrogens with one attached hydrogen (secondary N) is 1. The zero-order valence-electron chi connectivity index (χ0n) is 16.8. The predicted molar refractivity (Wildman–Crippen MR) is 111 cm³/mol. The van der Waals surface area contributed by atoms with Crippen molar-refractivity contribution in [2.24, 2.45) is 0 Å². The molecular weight excluding hydrogens is 368 g/mol. The van der Waals surface area contributed by atoms with E-state index in [4.69, 9.17) is 9.47 Å². The summed E-state index contributed by atoms with van der Waals surface area (Å²) in [6, 6.07) is 17.3. The Labute approximate surface area is 171 Å². The Bertz CT molecular complexity index is 786. The summed E-state index contributed by atoms with van der Waals surface area (Å²) in [5.74, 6) is -0.603. The first-order chi connectivity index (χ1) is 14.1. The van der Waals surface area contributed by atoms with E-state index in [0.29, 0.717) is 12.1 Å². The van der Waals surface area contributed by atoms with Crippen molar-refractivity contribution in [1.29, 1.82) is 0 Å². The molecule has 1 heterocycles. The highest BCUT2D eigenvalue weighted by Gasteiger charge is 2.13. The van der Waals surface area contributed by atoms with Gasteiger partial charge in [0, 0.05) is 26.2 Å². The van der Waals surface area contributed by atoms with Crippen molar-refractivity contribution in [1.82, 2.24) is 10.2 Å². The normalized spacial score (nSPS) is 15.5. The number of nitrogens with zero attached hydrogens (tertiary/aromatic N) is 1. The Morgan fingerprint density at radius 2 is 1.76 bits per heavy atom. The fourth-order valence-electron chi connectivity index (χ4n) is 3.20. The van der Waals surface area contributed by atoms with Gasteiger partial charge in [0.05, 0.1) is 18.8 Å². The maximum absolute atomic E-state index is 12.2. The van der Waals surface area contributed by atoms with Crippen LogP contribution in [0.4, 0.5) is 0 Å². The van der Waals surface area contributed by atoms with E-state index in [-0.39, 0.29) is 18.4 Å². The second-order valence-corrected chi connectivity index (χ2v) is 7.28.